The van der Waals surface area contributed by atoms with E-state index in [0.717, 1.165) is 6.42 Å². The lowest BCUT2D eigenvalue weighted by atomic mass is 9.48. The Balaban J connectivity index is 1.70. The molecule has 32 heavy (non-hydrogen) atoms. The Morgan fingerprint density at radius 2 is 1.66 bits per heavy atom. The van der Waals surface area contributed by atoms with Crippen LogP contribution in [-0.2, 0) is 49.2 Å². The molecule has 0 aromatic heterocycles. The normalized spacial score (nSPS) is 33.0. The molecule has 3 unspecified atom stereocenters. The molecule has 0 amide bonds. The van der Waals surface area contributed by atoms with Crippen LogP contribution in [0.15, 0.2) is 0 Å². The molecule has 4 saturated carbocycles. The molecule has 0 radical (unpaired) electrons. The van der Waals surface area contributed by atoms with Crippen molar-refractivity contribution in [3.63, 3.8) is 0 Å². The zero-order valence-electron chi connectivity index (χ0n) is 17.0. The van der Waals surface area contributed by atoms with Crippen molar-refractivity contribution in [3.05, 3.63) is 0 Å². The third-order valence-electron chi connectivity index (χ3n) is 6.01. The number of alkyl halides is 1. The fourth-order valence-corrected chi connectivity index (χ4v) is 8.51. The van der Waals surface area contributed by atoms with E-state index in [1.165, 1.54) is 4.13 Å². The molecule has 184 valence electrons. The predicted octanol–water partition coefficient (Wildman–Crippen LogP) is -0.526. The van der Waals surface area contributed by atoms with Gasteiger partial charge in [-0.25, -0.2) is 26.0 Å². The number of carbonyl (C=O) groups is 2. The summed E-state index contributed by atoms with van der Waals surface area (Å²) in [6, 6.07) is 0. The highest BCUT2D eigenvalue weighted by atomic mass is 32.3. The third kappa shape index (κ3) is 5.95. The van der Waals surface area contributed by atoms with Crippen LogP contribution in [0.3, 0.4) is 0 Å². The van der Waals surface area contributed by atoms with Crippen molar-refractivity contribution in [2.75, 3.05) is 18.6 Å². The zero-order valence-corrected chi connectivity index (χ0v) is 19.5. The molecule has 4 fully saturated rings. The smallest absolute Gasteiger partial charge is 0.359 e. The van der Waals surface area contributed by atoms with Crippen LogP contribution in [0.5, 0.6) is 0 Å². The number of carbonyl (C=O) groups excluding carboxylic acids is 2. The van der Waals surface area contributed by atoms with E-state index >= 15 is 0 Å². The zero-order chi connectivity index (χ0) is 24.2. The molecule has 4 aliphatic carbocycles. The molecule has 0 aromatic carbocycles. The molecule has 2 N–H and O–H groups in total. The molecule has 0 aliphatic heterocycles. The van der Waals surface area contributed by atoms with E-state index in [2.05, 4.69) is 0 Å². The molecule has 0 aromatic rings. The van der Waals surface area contributed by atoms with Gasteiger partial charge in [0.05, 0.1) is 12.9 Å². The summed E-state index contributed by atoms with van der Waals surface area (Å²) in [5.41, 5.74) is -4.99. The summed E-state index contributed by atoms with van der Waals surface area (Å²) in [6.07, 6.45) is 3.65. The van der Waals surface area contributed by atoms with Crippen LogP contribution < -0.4 is 4.13 Å². The SMILES string of the molecule is CS(=O)(=O)NS(=O)(=O)CC(=O)OC12CC3CC(CC(COC(=O)C(F)S(=O)(=O)O)(C3)C1)C2. The molecular formula is C16H24FNO11S3. The van der Waals surface area contributed by atoms with E-state index in [4.69, 9.17) is 14.0 Å². The monoisotopic (exact) mass is 521 g/mol. The van der Waals surface area contributed by atoms with Crippen LogP contribution in [-0.4, -0.2) is 71.5 Å². The van der Waals surface area contributed by atoms with Gasteiger partial charge in [0, 0.05) is 5.41 Å². The molecule has 12 nitrogen and oxygen atoms in total. The van der Waals surface area contributed by atoms with E-state index in [0.29, 0.717) is 31.9 Å². The highest BCUT2D eigenvalue weighted by Gasteiger charge is 2.60. The largest absolute Gasteiger partial charge is 0.462 e. The quantitative estimate of drug-likeness (QED) is 0.293. The number of rotatable bonds is 9. The van der Waals surface area contributed by atoms with Crippen LogP contribution in [0.1, 0.15) is 38.5 Å². The molecule has 4 aliphatic rings. The minimum Gasteiger partial charge on any atom is -0.462 e. The number of sulfonamides is 2. The average molecular weight is 522 g/mol. The summed E-state index contributed by atoms with van der Waals surface area (Å²) >= 11 is 0. The van der Waals surface area contributed by atoms with Crippen molar-refractivity contribution in [1.82, 2.24) is 4.13 Å². The summed E-state index contributed by atoms with van der Waals surface area (Å²) in [4.78, 5) is 24.0. The van der Waals surface area contributed by atoms with Crippen LogP contribution >= 0.6 is 0 Å². The summed E-state index contributed by atoms with van der Waals surface area (Å²) in [6.45, 7) is -0.345. The first-order valence-corrected chi connectivity index (χ1v) is 14.7. The number of esters is 2. The molecule has 0 spiro atoms. The van der Waals surface area contributed by atoms with Gasteiger partial charge in [-0.3, -0.25) is 9.35 Å². The maximum atomic E-state index is 13.5. The number of hydrogen-bond donors (Lipinski definition) is 2. The first-order valence-electron chi connectivity index (χ1n) is 9.62. The standard InChI is InChI=1S/C16H24FNO11S3/c1-30(21,22)18-31(23,24)7-12(19)29-16-5-10-2-11(6-16)4-15(3-10,8-16)9-28-14(20)13(17)32(25,26)27/h10-11,13,18H,2-9H2,1H3,(H,25,26,27). The molecule has 16 heteroatoms. The Morgan fingerprint density at radius 1 is 1.09 bits per heavy atom. The van der Waals surface area contributed by atoms with Crippen molar-refractivity contribution in [3.8, 4) is 0 Å². The van der Waals surface area contributed by atoms with Crippen molar-refractivity contribution >= 4 is 42.1 Å². The van der Waals surface area contributed by atoms with Gasteiger partial charge < -0.3 is 9.47 Å². The average Bonchev–Trinajstić information content (AvgIpc) is 2.53. The van der Waals surface area contributed by atoms with E-state index < -0.39 is 64.4 Å². The van der Waals surface area contributed by atoms with Gasteiger partial charge >= 0.3 is 27.6 Å². The summed E-state index contributed by atoms with van der Waals surface area (Å²) in [7, 11) is -13.9. The van der Waals surface area contributed by atoms with Gasteiger partial charge in [-0.1, -0.05) is 0 Å². The minimum atomic E-state index is -5.25. The second kappa shape index (κ2) is 8.14. The number of nitrogens with one attached hydrogen (secondary N) is 1. The van der Waals surface area contributed by atoms with Gasteiger partial charge in [-0.15, -0.1) is 4.13 Å². The third-order valence-corrected chi connectivity index (χ3v) is 9.57. The second-order valence-corrected chi connectivity index (χ2v) is 14.3. The van der Waals surface area contributed by atoms with Crippen molar-refractivity contribution in [2.45, 2.75) is 49.6 Å². The lowest BCUT2D eigenvalue weighted by molar-refractivity contribution is -0.209. The van der Waals surface area contributed by atoms with E-state index in [-0.39, 0.29) is 24.9 Å². The Kier molecular flexibility index (Phi) is 6.43. The lowest BCUT2D eigenvalue weighted by Gasteiger charge is -2.60. The van der Waals surface area contributed by atoms with E-state index in [9.17, 15) is 39.2 Å². The van der Waals surface area contributed by atoms with E-state index in [1.807, 2.05) is 0 Å². The van der Waals surface area contributed by atoms with Gasteiger partial charge in [0.25, 0.3) is 0 Å². The first-order chi connectivity index (χ1) is 14.4. The topological polar surface area (TPSA) is 187 Å². The predicted molar refractivity (Wildman–Crippen MR) is 105 cm³/mol. The summed E-state index contributed by atoms with van der Waals surface area (Å²) in [5, 5.41) is 0. The van der Waals surface area contributed by atoms with Gasteiger partial charge in [0.1, 0.15) is 5.60 Å². The Morgan fingerprint density at radius 3 is 2.16 bits per heavy atom. The first kappa shape index (κ1) is 25.3. The Bertz CT molecular complexity index is 1100. The summed E-state index contributed by atoms with van der Waals surface area (Å²) in [5.74, 6) is -3.94. The molecule has 4 bridgehead atoms. The Labute approximate surface area is 185 Å². The fraction of sp³-hybridized carbons (Fsp3) is 0.875. The maximum absolute atomic E-state index is 13.5. The second-order valence-electron chi connectivity index (χ2n) is 9.17. The van der Waals surface area contributed by atoms with Gasteiger partial charge in [0.2, 0.25) is 20.0 Å². The minimum absolute atomic E-state index is 0.0660. The van der Waals surface area contributed by atoms with Crippen molar-refractivity contribution in [1.29, 1.82) is 0 Å². The lowest BCUT2D eigenvalue weighted by Crippen LogP contribution is -2.59. The highest BCUT2D eigenvalue weighted by molar-refractivity contribution is 8.04. The molecule has 0 saturated heterocycles. The van der Waals surface area contributed by atoms with Gasteiger partial charge in [-0.2, -0.15) is 8.42 Å². The summed E-state index contributed by atoms with van der Waals surface area (Å²) < 4.78 is 102. The maximum Gasteiger partial charge on any atom is 0.359 e. The van der Waals surface area contributed by atoms with Crippen LogP contribution in [0.25, 0.3) is 0 Å². The van der Waals surface area contributed by atoms with Crippen LogP contribution in [0, 0.1) is 17.3 Å². The van der Waals surface area contributed by atoms with Crippen LogP contribution in [0.4, 0.5) is 4.39 Å². The fourth-order valence-electron chi connectivity index (χ4n) is 5.75. The number of ether oxygens (including phenoxy) is 2. The molecule has 0 heterocycles. The highest BCUT2D eigenvalue weighted by Crippen LogP contribution is 2.62. The van der Waals surface area contributed by atoms with Gasteiger partial charge in [0.15, 0.2) is 5.75 Å². The number of halogens is 1. The van der Waals surface area contributed by atoms with Crippen molar-refractivity contribution in [2.24, 2.45) is 17.3 Å². The molecule has 4 rings (SSSR count). The molecule has 3 atom stereocenters. The Hall–Kier alpha value is -1.36. The molecular weight excluding hydrogens is 497 g/mol. The van der Waals surface area contributed by atoms with Crippen LogP contribution in [0.2, 0.25) is 0 Å². The van der Waals surface area contributed by atoms with Crippen molar-refractivity contribution < 1.29 is 53.3 Å². The number of hydrogen-bond acceptors (Lipinski definition) is 10. The van der Waals surface area contributed by atoms with Gasteiger partial charge in [-0.05, 0) is 50.4 Å². The van der Waals surface area contributed by atoms with E-state index in [1.54, 1.807) is 0 Å².